The molecule has 2 aliphatic rings. The molecular weight excluding hydrogens is 274 g/mol. The lowest BCUT2D eigenvalue weighted by Gasteiger charge is -2.18. The molecule has 5 rings (SSSR count). The number of aromatic nitrogens is 3. The monoisotopic (exact) mass is 291 g/mol. The summed E-state index contributed by atoms with van der Waals surface area (Å²) >= 11 is 0. The molecule has 2 aromatic heterocycles. The van der Waals surface area contributed by atoms with Crippen LogP contribution in [0.15, 0.2) is 53.4 Å². The van der Waals surface area contributed by atoms with E-state index in [1.165, 1.54) is 25.7 Å². The Labute approximate surface area is 128 Å². The lowest BCUT2D eigenvalue weighted by Crippen LogP contribution is -2.19. The Morgan fingerprint density at radius 2 is 1.95 bits per heavy atom. The van der Waals surface area contributed by atoms with Gasteiger partial charge in [0.1, 0.15) is 12.0 Å². The van der Waals surface area contributed by atoms with Crippen LogP contribution in [0, 0.1) is 5.92 Å². The summed E-state index contributed by atoms with van der Waals surface area (Å²) in [4.78, 5) is 9.21. The van der Waals surface area contributed by atoms with Gasteiger partial charge in [-0.3, -0.25) is 0 Å². The maximum absolute atomic E-state index is 5.67. The van der Waals surface area contributed by atoms with Gasteiger partial charge >= 0.3 is 0 Å². The predicted molar refractivity (Wildman–Crippen MR) is 83.1 cm³/mol. The van der Waals surface area contributed by atoms with Gasteiger partial charge in [0.15, 0.2) is 5.82 Å². The molecule has 0 N–H and O–H groups in total. The largest absolute Gasteiger partial charge is 0.444 e. The molecule has 0 atom stereocenters. The first kappa shape index (κ1) is 12.2. The van der Waals surface area contributed by atoms with Gasteiger partial charge in [-0.05, 0) is 43.7 Å². The number of oxazole rings is 1. The summed E-state index contributed by atoms with van der Waals surface area (Å²) in [7, 11) is 0. The molecule has 3 aromatic rings. The topological polar surface area (TPSA) is 43.9 Å². The Hall–Kier alpha value is -2.36. The third-order valence-corrected chi connectivity index (χ3v) is 4.97. The van der Waals surface area contributed by atoms with Crippen molar-refractivity contribution in [2.24, 2.45) is 5.92 Å². The number of benzene rings is 1. The first-order valence-corrected chi connectivity index (χ1v) is 7.92. The summed E-state index contributed by atoms with van der Waals surface area (Å²) in [5.74, 6) is 2.43. The molecule has 2 fully saturated rings. The Morgan fingerprint density at radius 1 is 1.14 bits per heavy atom. The molecule has 4 nitrogen and oxygen atoms in total. The highest BCUT2D eigenvalue weighted by atomic mass is 16.3. The molecule has 22 heavy (non-hydrogen) atoms. The van der Waals surface area contributed by atoms with Crippen molar-refractivity contribution in [1.82, 2.24) is 14.5 Å². The second kappa shape index (κ2) is 4.32. The predicted octanol–water partition coefficient (Wildman–Crippen LogP) is 4.10. The van der Waals surface area contributed by atoms with E-state index in [-0.39, 0.29) is 0 Å². The number of hydrogen-bond acceptors (Lipinski definition) is 3. The molecule has 0 amide bonds. The van der Waals surface area contributed by atoms with E-state index in [2.05, 4.69) is 20.7 Å². The molecule has 2 saturated carbocycles. The Balaban J connectivity index is 1.54. The van der Waals surface area contributed by atoms with Crippen LogP contribution in [0.1, 0.15) is 25.7 Å². The van der Waals surface area contributed by atoms with Crippen molar-refractivity contribution in [3.63, 3.8) is 0 Å². The van der Waals surface area contributed by atoms with Crippen LogP contribution in [-0.2, 0) is 5.54 Å². The third-order valence-electron chi connectivity index (χ3n) is 4.97. The molecule has 1 aromatic carbocycles. The van der Waals surface area contributed by atoms with Gasteiger partial charge in [0.2, 0.25) is 5.89 Å². The van der Waals surface area contributed by atoms with Crippen molar-refractivity contribution in [2.75, 3.05) is 0 Å². The number of rotatable bonds is 4. The zero-order chi connectivity index (χ0) is 14.6. The van der Waals surface area contributed by atoms with Crippen LogP contribution in [0.4, 0.5) is 0 Å². The molecular formula is C18H17N3O. The van der Waals surface area contributed by atoms with E-state index < -0.39 is 0 Å². The van der Waals surface area contributed by atoms with Gasteiger partial charge in [0, 0.05) is 23.5 Å². The molecule has 110 valence electrons. The van der Waals surface area contributed by atoms with Crippen molar-refractivity contribution in [1.29, 1.82) is 0 Å². The summed E-state index contributed by atoms with van der Waals surface area (Å²) in [6, 6.07) is 9.99. The fourth-order valence-corrected chi connectivity index (χ4v) is 3.54. The zero-order valence-corrected chi connectivity index (χ0v) is 12.3. The van der Waals surface area contributed by atoms with Gasteiger partial charge in [-0.1, -0.05) is 18.2 Å². The normalized spacial score (nSPS) is 19.3. The quantitative estimate of drug-likeness (QED) is 0.726. The third kappa shape index (κ3) is 1.76. The summed E-state index contributed by atoms with van der Waals surface area (Å²) < 4.78 is 8.02. The Bertz CT molecular complexity index is 810. The van der Waals surface area contributed by atoms with E-state index in [9.17, 15) is 0 Å². The fraction of sp³-hybridized carbons (Fsp3) is 0.333. The summed E-state index contributed by atoms with van der Waals surface area (Å²) in [6.45, 7) is 0. The van der Waals surface area contributed by atoms with E-state index in [4.69, 9.17) is 4.42 Å². The van der Waals surface area contributed by atoms with Crippen LogP contribution >= 0.6 is 0 Å². The van der Waals surface area contributed by atoms with Crippen molar-refractivity contribution in [2.45, 2.75) is 31.2 Å². The Morgan fingerprint density at radius 3 is 2.68 bits per heavy atom. The first-order valence-electron chi connectivity index (χ1n) is 7.92. The zero-order valence-electron chi connectivity index (χ0n) is 12.3. The molecule has 0 saturated heterocycles. The molecule has 0 radical (unpaired) electrons. The summed E-state index contributed by atoms with van der Waals surface area (Å²) in [6.07, 6.45) is 11.0. The number of nitrogens with zero attached hydrogens (tertiary/aromatic N) is 3. The van der Waals surface area contributed by atoms with Crippen molar-refractivity contribution >= 4 is 0 Å². The van der Waals surface area contributed by atoms with Crippen LogP contribution < -0.4 is 0 Å². The average Bonchev–Trinajstić information content (AvgIpc) is 3.46. The van der Waals surface area contributed by atoms with Crippen LogP contribution in [0.5, 0.6) is 0 Å². The molecule has 0 spiro atoms. The SMILES string of the molecule is c1ccc(-c2nc(-c3nccn3C3(C4CC4)CC3)co2)cc1. The summed E-state index contributed by atoms with van der Waals surface area (Å²) in [5.41, 5.74) is 2.14. The van der Waals surface area contributed by atoms with Gasteiger partial charge in [0.05, 0.1) is 0 Å². The molecule has 2 heterocycles. The van der Waals surface area contributed by atoms with Crippen LogP contribution in [0.3, 0.4) is 0 Å². The molecule has 0 aliphatic heterocycles. The highest BCUT2D eigenvalue weighted by molar-refractivity contribution is 5.58. The Kier molecular flexibility index (Phi) is 2.40. The maximum atomic E-state index is 5.67. The van der Waals surface area contributed by atoms with E-state index in [1.807, 2.05) is 36.5 Å². The van der Waals surface area contributed by atoms with Gasteiger partial charge < -0.3 is 8.98 Å². The van der Waals surface area contributed by atoms with E-state index >= 15 is 0 Å². The van der Waals surface area contributed by atoms with Crippen molar-refractivity contribution < 1.29 is 4.42 Å². The van der Waals surface area contributed by atoms with Crippen LogP contribution in [0.25, 0.3) is 23.0 Å². The van der Waals surface area contributed by atoms with Crippen molar-refractivity contribution in [3.05, 3.63) is 49.0 Å². The standard InChI is InChI=1S/C18H17N3O/c1-2-4-13(5-3-1)17-20-15(12-22-17)16-19-10-11-21(16)18(8-9-18)14-6-7-14/h1-5,10-12,14H,6-9H2. The minimum absolute atomic E-state index is 0.317. The van der Waals surface area contributed by atoms with E-state index in [1.54, 1.807) is 6.26 Å². The van der Waals surface area contributed by atoms with Gasteiger partial charge in [-0.15, -0.1) is 0 Å². The molecule has 2 aliphatic carbocycles. The highest BCUT2D eigenvalue weighted by Crippen LogP contribution is 2.60. The number of imidazole rings is 1. The first-order chi connectivity index (χ1) is 10.9. The van der Waals surface area contributed by atoms with Crippen molar-refractivity contribution in [3.8, 4) is 23.0 Å². The smallest absolute Gasteiger partial charge is 0.226 e. The second-order valence-corrected chi connectivity index (χ2v) is 6.40. The van der Waals surface area contributed by atoms with Crippen LogP contribution in [-0.4, -0.2) is 14.5 Å². The fourth-order valence-electron chi connectivity index (χ4n) is 3.54. The van der Waals surface area contributed by atoms with E-state index in [0.29, 0.717) is 11.4 Å². The van der Waals surface area contributed by atoms with Gasteiger partial charge in [0.25, 0.3) is 0 Å². The minimum Gasteiger partial charge on any atom is -0.444 e. The van der Waals surface area contributed by atoms with Gasteiger partial charge in [-0.2, -0.15) is 0 Å². The lowest BCUT2D eigenvalue weighted by atomic mass is 10.1. The molecule has 0 bridgehead atoms. The lowest BCUT2D eigenvalue weighted by molar-refractivity contribution is 0.425. The summed E-state index contributed by atoms with van der Waals surface area (Å²) in [5, 5.41) is 0. The van der Waals surface area contributed by atoms with Gasteiger partial charge in [-0.25, -0.2) is 9.97 Å². The number of hydrogen-bond donors (Lipinski definition) is 0. The minimum atomic E-state index is 0.317. The van der Waals surface area contributed by atoms with Crippen LogP contribution in [0.2, 0.25) is 0 Å². The average molecular weight is 291 g/mol. The second-order valence-electron chi connectivity index (χ2n) is 6.40. The molecule has 4 heteroatoms. The molecule has 0 unspecified atom stereocenters. The van der Waals surface area contributed by atoms with E-state index in [0.717, 1.165) is 23.0 Å². The maximum Gasteiger partial charge on any atom is 0.226 e. The highest BCUT2D eigenvalue weighted by Gasteiger charge is 2.56.